The van der Waals surface area contributed by atoms with Crippen LogP contribution in [0.4, 0.5) is 15.8 Å². The Morgan fingerprint density at radius 1 is 1.38 bits per heavy atom. The minimum atomic E-state index is -0.473. The topological polar surface area (TPSA) is 58.4 Å². The third-order valence-electron chi connectivity index (χ3n) is 3.39. The highest BCUT2D eigenvalue weighted by Crippen LogP contribution is 2.17. The molecule has 0 saturated carbocycles. The van der Waals surface area contributed by atoms with E-state index in [2.05, 4.69) is 31.0 Å². The smallest absolute Gasteiger partial charge is 0.238 e. The van der Waals surface area contributed by atoms with E-state index in [1.807, 2.05) is 0 Å². The van der Waals surface area contributed by atoms with Crippen LogP contribution in [0.25, 0.3) is 0 Å². The highest BCUT2D eigenvalue weighted by atomic mass is 19.1. The summed E-state index contributed by atoms with van der Waals surface area (Å²) in [5.41, 5.74) is 6.17. The number of hydrogen-bond acceptors (Lipinski definition) is 3. The molecule has 1 amide bonds. The largest absolute Gasteiger partial charge is 0.399 e. The number of halogens is 1. The van der Waals surface area contributed by atoms with E-state index in [1.165, 1.54) is 18.2 Å². The fourth-order valence-corrected chi connectivity index (χ4v) is 2.10. The molecule has 0 fully saturated rings. The lowest BCUT2D eigenvalue weighted by Crippen LogP contribution is -2.38. The van der Waals surface area contributed by atoms with E-state index in [0.717, 1.165) is 25.8 Å². The molecule has 21 heavy (non-hydrogen) atoms. The van der Waals surface area contributed by atoms with Gasteiger partial charge in [0.25, 0.3) is 0 Å². The Kier molecular flexibility index (Phi) is 7.15. The summed E-state index contributed by atoms with van der Waals surface area (Å²) in [5.74, 6) is -0.690. The molecule has 0 radical (unpaired) electrons. The lowest BCUT2D eigenvalue weighted by molar-refractivity contribution is -0.117. The van der Waals surface area contributed by atoms with Crippen LogP contribution in [0.2, 0.25) is 0 Å². The SMILES string of the molecule is CCCCCN(CC(=O)Nc1cc(N)ccc1F)C(C)C. The van der Waals surface area contributed by atoms with Gasteiger partial charge in [0.15, 0.2) is 0 Å². The summed E-state index contributed by atoms with van der Waals surface area (Å²) in [6, 6.07) is 4.44. The first-order chi connectivity index (χ1) is 9.93. The number of nitrogens with two attached hydrogens (primary N) is 1. The summed E-state index contributed by atoms with van der Waals surface area (Å²) >= 11 is 0. The first kappa shape index (κ1) is 17.4. The van der Waals surface area contributed by atoms with Crippen LogP contribution in [0.5, 0.6) is 0 Å². The fraction of sp³-hybridized carbons (Fsp3) is 0.562. The Hall–Kier alpha value is -1.62. The molecule has 0 heterocycles. The summed E-state index contributed by atoms with van der Waals surface area (Å²) in [6.07, 6.45) is 3.36. The number of rotatable bonds is 8. The van der Waals surface area contributed by atoms with Crippen molar-refractivity contribution in [3.8, 4) is 0 Å². The molecule has 1 rings (SSSR count). The van der Waals surface area contributed by atoms with Crippen LogP contribution in [0, 0.1) is 5.82 Å². The van der Waals surface area contributed by atoms with Gasteiger partial charge in [0.2, 0.25) is 5.91 Å². The highest BCUT2D eigenvalue weighted by Gasteiger charge is 2.15. The number of carbonyl (C=O) groups excluding carboxylic acids is 1. The molecule has 0 bridgehead atoms. The van der Waals surface area contributed by atoms with Gasteiger partial charge in [0, 0.05) is 11.7 Å². The predicted octanol–water partition coefficient (Wildman–Crippen LogP) is 3.25. The third kappa shape index (κ3) is 6.12. The van der Waals surface area contributed by atoms with Crippen molar-refractivity contribution in [2.24, 2.45) is 0 Å². The van der Waals surface area contributed by atoms with Crippen molar-refractivity contribution in [2.75, 3.05) is 24.1 Å². The quantitative estimate of drug-likeness (QED) is 0.572. The second kappa shape index (κ2) is 8.62. The molecule has 1 aromatic carbocycles. The Labute approximate surface area is 126 Å². The molecule has 0 spiro atoms. The van der Waals surface area contributed by atoms with Gasteiger partial charge < -0.3 is 11.1 Å². The number of unbranched alkanes of at least 4 members (excludes halogenated alkanes) is 2. The molecule has 0 aliphatic rings. The Balaban J connectivity index is 2.59. The lowest BCUT2D eigenvalue weighted by atomic mass is 10.2. The molecule has 0 atom stereocenters. The normalized spacial score (nSPS) is 11.1. The van der Waals surface area contributed by atoms with Crippen LogP contribution in [0.1, 0.15) is 40.0 Å². The van der Waals surface area contributed by atoms with Gasteiger partial charge in [0.05, 0.1) is 12.2 Å². The molecule has 0 aromatic heterocycles. The molecule has 0 aliphatic heterocycles. The number of anilines is 2. The first-order valence-electron chi connectivity index (χ1n) is 7.53. The number of benzene rings is 1. The van der Waals surface area contributed by atoms with Crippen LogP contribution < -0.4 is 11.1 Å². The van der Waals surface area contributed by atoms with Gasteiger partial charge in [-0.2, -0.15) is 0 Å². The second-order valence-electron chi connectivity index (χ2n) is 5.56. The maximum Gasteiger partial charge on any atom is 0.238 e. The molecule has 4 nitrogen and oxygen atoms in total. The number of hydrogen-bond donors (Lipinski definition) is 2. The van der Waals surface area contributed by atoms with Crippen molar-refractivity contribution in [3.05, 3.63) is 24.0 Å². The van der Waals surface area contributed by atoms with Gasteiger partial charge in [-0.15, -0.1) is 0 Å². The Morgan fingerprint density at radius 3 is 2.71 bits per heavy atom. The minimum absolute atomic E-state index is 0.136. The van der Waals surface area contributed by atoms with E-state index >= 15 is 0 Å². The Bertz CT molecular complexity index is 463. The molecule has 1 aromatic rings. The number of carbonyl (C=O) groups is 1. The summed E-state index contributed by atoms with van der Waals surface area (Å²) < 4.78 is 13.6. The maximum atomic E-state index is 13.6. The van der Waals surface area contributed by atoms with Gasteiger partial charge in [-0.1, -0.05) is 19.8 Å². The predicted molar refractivity (Wildman–Crippen MR) is 85.7 cm³/mol. The van der Waals surface area contributed by atoms with E-state index < -0.39 is 5.82 Å². The van der Waals surface area contributed by atoms with Crippen LogP contribution in [0.15, 0.2) is 18.2 Å². The van der Waals surface area contributed by atoms with Gasteiger partial charge in [-0.05, 0) is 45.0 Å². The van der Waals surface area contributed by atoms with Crippen molar-refractivity contribution >= 4 is 17.3 Å². The van der Waals surface area contributed by atoms with Crippen molar-refractivity contribution in [2.45, 2.75) is 46.1 Å². The van der Waals surface area contributed by atoms with Crippen LogP contribution in [0.3, 0.4) is 0 Å². The third-order valence-corrected chi connectivity index (χ3v) is 3.39. The highest BCUT2D eigenvalue weighted by molar-refractivity contribution is 5.92. The summed E-state index contributed by atoms with van der Waals surface area (Å²) in [6.45, 7) is 7.39. The monoisotopic (exact) mass is 295 g/mol. The van der Waals surface area contributed by atoms with Gasteiger partial charge in [-0.3, -0.25) is 9.69 Å². The summed E-state index contributed by atoms with van der Waals surface area (Å²) in [5, 5.41) is 2.59. The van der Waals surface area contributed by atoms with Crippen LogP contribution in [-0.2, 0) is 4.79 Å². The molecular weight excluding hydrogens is 269 g/mol. The first-order valence-corrected chi connectivity index (χ1v) is 7.53. The van der Waals surface area contributed by atoms with Crippen molar-refractivity contribution in [1.29, 1.82) is 0 Å². The molecule has 118 valence electrons. The number of nitrogen functional groups attached to an aromatic ring is 1. The zero-order valence-corrected chi connectivity index (χ0v) is 13.2. The number of nitrogens with one attached hydrogen (secondary N) is 1. The molecular formula is C16H26FN3O. The molecule has 0 saturated heterocycles. The van der Waals surface area contributed by atoms with E-state index in [0.29, 0.717) is 5.69 Å². The zero-order chi connectivity index (χ0) is 15.8. The zero-order valence-electron chi connectivity index (χ0n) is 13.2. The van der Waals surface area contributed by atoms with Crippen LogP contribution in [-0.4, -0.2) is 29.9 Å². The van der Waals surface area contributed by atoms with Gasteiger partial charge in [-0.25, -0.2) is 4.39 Å². The van der Waals surface area contributed by atoms with Crippen LogP contribution >= 0.6 is 0 Å². The maximum absolute atomic E-state index is 13.6. The van der Waals surface area contributed by atoms with E-state index in [4.69, 9.17) is 5.73 Å². The summed E-state index contributed by atoms with van der Waals surface area (Å²) in [7, 11) is 0. The molecule has 3 N–H and O–H groups in total. The number of amides is 1. The molecule has 0 aliphatic carbocycles. The standard InChI is InChI=1S/C16H26FN3O/c1-4-5-6-9-20(12(2)3)11-16(21)19-15-10-13(18)7-8-14(15)17/h7-8,10,12H,4-6,9,11,18H2,1-3H3,(H,19,21). The molecule has 0 unspecified atom stereocenters. The fourth-order valence-electron chi connectivity index (χ4n) is 2.10. The Morgan fingerprint density at radius 2 is 2.10 bits per heavy atom. The average molecular weight is 295 g/mol. The van der Waals surface area contributed by atoms with Crippen molar-refractivity contribution in [1.82, 2.24) is 4.90 Å². The van der Waals surface area contributed by atoms with Crippen molar-refractivity contribution < 1.29 is 9.18 Å². The van der Waals surface area contributed by atoms with E-state index in [-0.39, 0.29) is 24.2 Å². The molecule has 5 heteroatoms. The van der Waals surface area contributed by atoms with Gasteiger partial charge >= 0.3 is 0 Å². The van der Waals surface area contributed by atoms with E-state index in [1.54, 1.807) is 0 Å². The average Bonchev–Trinajstić information content (AvgIpc) is 2.42. The van der Waals surface area contributed by atoms with E-state index in [9.17, 15) is 9.18 Å². The second-order valence-corrected chi connectivity index (χ2v) is 5.56. The lowest BCUT2D eigenvalue weighted by Gasteiger charge is -2.25. The van der Waals surface area contributed by atoms with Gasteiger partial charge in [0.1, 0.15) is 5.82 Å². The van der Waals surface area contributed by atoms with Crippen molar-refractivity contribution in [3.63, 3.8) is 0 Å². The summed E-state index contributed by atoms with van der Waals surface area (Å²) in [4.78, 5) is 14.2. The minimum Gasteiger partial charge on any atom is -0.399 e. The number of nitrogens with zero attached hydrogens (tertiary/aromatic N) is 1.